The van der Waals surface area contributed by atoms with Crippen LogP contribution in [0.25, 0.3) is 0 Å². The molecule has 1 atom stereocenters. The van der Waals surface area contributed by atoms with Gasteiger partial charge in [0.05, 0.1) is 5.69 Å². The van der Waals surface area contributed by atoms with Gasteiger partial charge in [0, 0.05) is 12.2 Å². The zero-order chi connectivity index (χ0) is 9.52. The van der Waals surface area contributed by atoms with Gasteiger partial charge in [0.2, 0.25) is 0 Å². The first-order valence-corrected chi connectivity index (χ1v) is 4.86. The maximum atomic E-state index is 5.95. The van der Waals surface area contributed by atoms with Crippen LogP contribution in [-0.2, 0) is 0 Å². The van der Waals surface area contributed by atoms with Gasteiger partial charge in [-0.3, -0.25) is 0 Å². The molecule has 0 spiro atoms. The Hall–Kier alpha value is -0.960. The van der Waals surface area contributed by atoms with Crippen LogP contribution in [0.5, 0.6) is 0 Å². The van der Waals surface area contributed by atoms with Gasteiger partial charge in [0.1, 0.15) is 6.33 Å². The summed E-state index contributed by atoms with van der Waals surface area (Å²) in [5.41, 5.74) is 6.90. The molecule has 0 bridgehead atoms. The molecule has 1 aromatic heterocycles. The Balaban J connectivity index is 2.35. The third-order valence-electron chi connectivity index (χ3n) is 2.10. The molecule has 0 aliphatic rings. The molecule has 2 N–H and O–H groups in total. The molecule has 0 saturated heterocycles. The van der Waals surface area contributed by atoms with Crippen LogP contribution >= 0.6 is 0 Å². The first kappa shape index (κ1) is 10.1. The number of hydrogen-bond donors (Lipinski definition) is 1. The van der Waals surface area contributed by atoms with E-state index >= 15 is 0 Å². The van der Waals surface area contributed by atoms with Crippen molar-refractivity contribution in [3.63, 3.8) is 0 Å². The standard InChI is InChI=1S/C10H17N3/c1-2-3-4-5-9(11)10-6-7-12-8-13-10/h6-9H,2-5,11H2,1H3. The fourth-order valence-electron chi connectivity index (χ4n) is 1.28. The summed E-state index contributed by atoms with van der Waals surface area (Å²) in [6.07, 6.45) is 7.97. The number of aromatic nitrogens is 2. The summed E-state index contributed by atoms with van der Waals surface area (Å²) in [7, 11) is 0. The summed E-state index contributed by atoms with van der Waals surface area (Å²) in [6.45, 7) is 2.19. The average Bonchev–Trinajstić information content (AvgIpc) is 2.19. The number of unbranched alkanes of at least 4 members (excludes halogenated alkanes) is 2. The Morgan fingerprint density at radius 2 is 2.31 bits per heavy atom. The molecule has 0 saturated carbocycles. The minimum atomic E-state index is 0.0783. The van der Waals surface area contributed by atoms with E-state index in [0.717, 1.165) is 12.1 Å². The Labute approximate surface area is 79.4 Å². The molecule has 0 fully saturated rings. The van der Waals surface area contributed by atoms with E-state index in [1.807, 2.05) is 6.07 Å². The third kappa shape index (κ3) is 3.51. The van der Waals surface area contributed by atoms with E-state index in [-0.39, 0.29) is 6.04 Å². The van der Waals surface area contributed by atoms with Crippen LogP contribution < -0.4 is 5.73 Å². The van der Waals surface area contributed by atoms with Crippen LogP contribution in [-0.4, -0.2) is 9.97 Å². The van der Waals surface area contributed by atoms with Crippen LogP contribution in [0.15, 0.2) is 18.6 Å². The first-order valence-electron chi connectivity index (χ1n) is 4.86. The summed E-state index contributed by atoms with van der Waals surface area (Å²) in [6, 6.07) is 1.96. The second-order valence-electron chi connectivity index (χ2n) is 3.24. The molecular formula is C10H17N3. The molecule has 1 heterocycles. The minimum Gasteiger partial charge on any atom is -0.323 e. The second kappa shape index (κ2) is 5.65. The molecule has 72 valence electrons. The highest BCUT2D eigenvalue weighted by Gasteiger charge is 2.05. The smallest absolute Gasteiger partial charge is 0.115 e. The third-order valence-corrected chi connectivity index (χ3v) is 2.10. The lowest BCUT2D eigenvalue weighted by molar-refractivity contribution is 0.570. The summed E-state index contributed by atoms with van der Waals surface area (Å²) < 4.78 is 0. The van der Waals surface area contributed by atoms with E-state index in [2.05, 4.69) is 16.9 Å². The highest BCUT2D eigenvalue weighted by molar-refractivity contribution is 5.03. The normalized spacial score (nSPS) is 12.8. The average molecular weight is 179 g/mol. The summed E-state index contributed by atoms with van der Waals surface area (Å²) in [5, 5.41) is 0. The van der Waals surface area contributed by atoms with E-state index in [1.165, 1.54) is 19.3 Å². The highest BCUT2D eigenvalue weighted by Crippen LogP contribution is 2.13. The van der Waals surface area contributed by atoms with Gasteiger partial charge in [-0.1, -0.05) is 26.2 Å². The minimum absolute atomic E-state index is 0.0783. The van der Waals surface area contributed by atoms with Crippen molar-refractivity contribution in [1.29, 1.82) is 0 Å². The molecule has 0 aromatic carbocycles. The van der Waals surface area contributed by atoms with E-state index in [9.17, 15) is 0 Å². The molecule has 1 unspecified atom stereocenters. The van der Waals surface area contributed by atoms with E-state index in [4.69, 9.17) is 5.73 Å². The Morgan fingerprint density at radius 3 is 2.92 bits per heavy atom. The van der Waals surface area contributed by atoms with Crippen molar-refractivity contribution in [1.82, 2.24) is 9.97 Å². The van der Waals surface area contributed by atoms with Crippen molar-refractivity contribution in [2.75, 3.05) is 0 Å². The molecular weight excluding hydrogens is 162 g/mol. The van der Waals surface area contributed by atoms with Crippen molar-refractivity contribution in [2.24, 2.45) is 5.73 Å². The van der Waals surface area contributed by atoms with Crippen molar-refractivity contribution >= 4 is 0 Å². The number of nitrogens with two attached hydrogens (primary N) is 1. The van der Waals surface area contributed by atoms with Gasteiger partial charge >= 0.3 is 0 Å². The molecule has 0 aliphatic carbocycles. The Bertz CT molecular complexity index is 223. The SMILES string of the molecule is CCCCCC(N)c1ccncn1. The fraction of sp³-hybridized carbons (Fsp3) is 0.600. The lowest BCUT2D eigenvalue weighted by atomic mass is 10.1. The largest absolute Gasteiger partial charge is 0.323 e. The maximum absolute atomic E-state index is 5.95. The van der Waals surface area contributed by atoms with E-state index in [1.54, 1.807) is 12.5 Å². The van der Waals surface area contributed by atoms with Crippen LogP contribution in [0.2, 0.25) is 0 Å². The van der Waals surface area contributed by atoms with E-state index < -0.39 is 0 Å². The van der Waals surface area contributed by atoms with Gasteiger partial charge in [0.15, 0.2) is 0 Å². The monoisotopic (exact) mass is 179 g/mol. The first-order chi connectivity index (χ1) is 6.34. The maximum Gasteiger partial charge on any atom is 0.115 e. The van der Waals surface area contributed by atoms with Crippen molar-refractivity contribution in [3.8, 4) is 0 Å². The molecule has 3 nitrogen and oxygen atoms in total. The van der Waals surface area contributed by atoms with Crippen LogP contribution in [0, 0.1) is 0 Å². The van der Waals surface area contributed by atoms with Crippen molar-refractivity contribution in [3.05, 3.63) is 24.3 Å². The molecule has 3 heteroatoms. The summed E-state index contributed by atoms with van der Waals surface area (Å²) >= 11 is 0. The summed E-state index contributed by atoms with van der Waals surface area (Å²) in [5.74, 6) is 0. The fourth-order valence-corrected chi connectivity index (χ4v) is 1.28. The van der Waals surface area contributed by atoms with Gasteiger partial charge in [-0.2, -0.15) is 0 Å². The molecule has 0 radical (unpaired) electrons. The predicted molar refractivity (Wildman–Crippen MR) is 53.1 cm³/mol. The van der Waals surface area contributed by atoms with Crippen LogP contribution in [0.1, 0.15) is 44.3 Å². The van der Waals surface area contributed by atoms with Gasteiger partial charge < -0.3 is 5.73 Å². The number of hydrogen-bond acceptors (Lipinski definition) is 3. The Kier molecular flexibility index (Phi) is 4.40. The number of nitrogens with zero attached hydrogens (tertiary/aromatic N) is 2. The quantitative estimate of drug-likeness (QED) is 0.704. The van der Waals surface area contributed by atoms with Crippen LogP contribution in [0.4, 0.5) is 0 Å². The van der Waals surface area contributed by atoms with Gasteiger partial charge in [-0.15, -0.1) is 0 Å². The molecule has 0 amide bonds. The zero-order valence-electron chi connectivity index (χ0n) is 8.11. The number of rotatable bonds is 5. The lowest BCUT2D eigenvalue weighted by Gasteiger charge is -2.09. The van der Waals surface area contributed by atoms with Crippen molar-refractivity contribution < 1.29 is 0 Å². The second-order valence-corrected chi connectivity index (χ2v) is 3.24. The van der Waals surface area contributed by atoms with E-state index in [0.29, 0.717) is 0 Å². The molecule has 1 rings (SSSR count). The molecule has 0 aliphatic heterocycles. The van der Waals surface area contributed by atoms with Crippen molar-refractivity contribution in [2.45, 2.75) is 38.6 Å². The molecule has 13 heavy (non-hydrogen) atoms. The van der Waals surface area contributed by atoms with Crippen LogP contribution in [0.3, 0.4) is 0 Å². The highest BCUT2D eigenvalue weighted by atomic mass is 14.8. The summed E-state index contributed by atoms with van der Waals surface area (Å²) in [4.78, 5) is 7.98. The topological polar surface area (TPSA) is 51.8 Å². The zero-order valence-corrected chi connectivity index (χ0v) is 8.11. The predicted octanol–water partition coefficient (Wildman–Crippen LogP) is 2.06. The van der Waals surface area contributed by atoms with Gasteiger partial charge in [-0.05, 0) is 12.5 Å². The molecule has 1 aromatic rings. The van der Waals surface area contributed by atoms with Gasteiger partial charge in [0.25, 0.3) is 0 Å². The Morgan fingerprint density at radius 1 is 1.46 bits per heavy atom. The lowest BCUT2D eigenvalue weighted by Crippen LogP contribution is -2.11. The van der Waals surface area contributed by atoms with Gasteiger partial charge in [-0.25, -0.2) is 9.97 Å².